The van der Waals surface area contributed by atoms with Crippen LogP contribution in [0.5, 0.6) is 0 Å². The highest BCUT2D eigenvalue weighted by molar-refractivity contribution is 5.74. The summed E-state index contributed by atoms with van der Waals surface area (Å²) in [7, 11) is 0. The number of nitrogens with zero attached hydrogens (tertiary/aromatic N) is 2. The second-order valence-corrected chi connectivity index (χ2v) is 6.60. The van der Waals surface area contributed by atoms with Crippen LogP contribution in [-0.4, -0.2) is 61.3 Å². The minimum absolute atomic E-state index is 0.0534. The molecule has 23 heavy (non-hydrogen) atoms. The normalized spacial score (nSPS) is 25.7. The zero-order valence-corrected chi connectivity index (χ0v) is 14.0. The van der Waals surface area contributed by atoms with E-state index in [1.54, 1.807) is 0 Å². The van der Waals surface area contributed by atoms with Crippen LogP contribution in [0, 0.1) is 5.92 Å². The molecular formula is C18H26N2O3. The predicted octanol–water partition coefficient (Wildman–Crippen LogP) is 2.54. The van der Waals surface area contributed by atoms with E-state index >= 15 is 0 Å². The standard InChI is InChI=1S/C18H26N2O3/c1-14(2)16-12-20(18(21)19-8-10-22-11-9-19)13-17(23-16)15-6-4-3-5-7-15/h3-7,14,16-17H,8-13H2,1-2H3/t16-,17+/m1/s1. The Bertz CT molecular complexity index is 514. The van der Waals surface area contributed by atoms with Crippen molar-refractivity contribution in [1.29, 1.82) is 0 Å². The summed E-state index contributed by atoms with van der Waals surface area (Å²) in [5.41, 5.74) is 1.14. The molecule has 126 valence electrons. The molecule has 2 atom stereocenters. The maximum atomic E-state index is 12.8. The van der Waals surface area contributed by atoms with E-state index in [4.69, 9.17) is 9.47 Å². The minimum Gasteiger partial charge on any atom is -0.378 e. The van der Waals surface area contributed by atoms with Crippen LogP contribution in [0.2, 0.25) is 0 Å². The Morgan fingerprint density at radius 3 is 2.43 bits per heavy atom. The van der Waals surface area contributed by atoms with E-state index < -0.39 is 0 Å². The molecule has 3 rings (SSSR count). The van der Waals surface area contributed by atoms with Crippen molar-refractivity contribution < 1.29 is 14.3 Å². The zero-order valence-electron chi connectivity index (χ0n) is 14.0. The molecule has 0 aliphatic carbocycles. The number of benzene rings is 1. The van der Waals surface area contributed by atoms with E-state index in [0.29, 0.717) is 45.3 Å². The molecule has 2 amide bonds. The van der Waals surface area contributed by atoms with E-state index in [-0.39, 0.29) is 18.2 Å². The van der Waals surface area contributed by atoms with Crippen molar-refractivity contribution in [3.05, 3.63) is 35.9 Å². The maximum absolute atomic E-state index is 12.8. The van der Waals surface area contributed by atoms with Crippen molar-refractivity contribution in [2.24, 2.45) is 5.92 Å². The molecule has 2 aliphatic rings. The van der Waals surface area contributed by atoms with Gasteiger partial charge in [0.05, 0.1) is 25.9 Å². The molecule has 0 radical (unpaired) electrons. The van der Waals surface area contributed by atoms with E-state index in [9.17, 15) is 4.79 Å². The topological polar surface area (TPSA) is 42.0 Å². The van der Waals surface area contributed by atoms with Crippen molar-refractivity contribution in [3.8, 4) is 0 Å². The smallest absolute Gasteiger partial charge is 0.320 e. The lowest BCUT2D eigenvalue weighted by Gasteiger charge is -2.42. The van der Waals surface area contributed by atoms with E-state index in [0.717, 1.165) is 5.56 Å². The largest absolute Gasteiger partial charge is 0.378 e. The number of urea groups is 1. The SMILES string of the molecule is CC(C)[C@H]1CN(C(=O)N2CCOCC2)C[C@@H](c2ccccc2)O1. The number of rotatable bonds is 2. The summed E-state index contributed by atoms with van der Waals surface area (Å²) < 4.78 is 11.6. The summed E-state index contributed by atoms with van der Waals surface area (Å²) in [4.78, 5) is 16.7. The summed E-state index contributed by atoms with van der Waals surface area (Å²) in [5.74, 6) is 0.376. The Kier molecular flexibility index (Phi) is 5.18. The summed E-state index contributed by atoms with van der Waals surface area (Å²) in [6.45, 7) is 8.19. The van der Waals surface area contributed by atoms with Gasteiger partial charge in [-0.25, -0.2) is 4.79 Å². The first-order chi connectivity index (χ1) is 11.1. The third-order valence-corrected chi connectivity index (χ3v) is 4.59. The predicted molar refractivity (Wildman–Crippen MR) is 88.3 cm³/mol. The van der Waals surface area contributed by atoms with Gasteiger partial charge in [-0.3, -0.25) is 0 Å². The van der Waals surface area contributed by atoms with Crippen LogP contribution in [0.1, 0.15) is 25.5 Å². The van der Waals surface area contributed by atoms with Crippen LogP contribution in [0.4, 0.5) is 4.79 Å². The third-order valence-electron chi connectivity index (χ3n) is 4.59. The van der Waals surface area contributed by atoms with Gasteiger partial charge >= 0.3 is 6.03 Å². The van der Waals surface area contributed by atoms with Crippen molar-refractivity contribution in [2.75, 3.05) is 39.4 Å². The fraction of sp³-hybridized carbons (Fsp3) is 0.611. The van der Waals surface area contributed by atoms with E-state index in [1.165, 1.54) is 0 Å². The zero-order chi connectivity index (χ0) is 16.2. The fourth-order valence-corrected chi connectivity index (χ4v) is 3.12. The first kappa shape index (κ1) is 16.3. The maximum Gasteiger partial charge on any atom is 0.320 e. The summed E-state index contributed by atoms with van der Waals surface area (Å²) in [6.07, 6.45) is 0.0151. The summed E-state index contributed by atoms with van der Waals surface area (Å²) >= 11 is 0. The lowest BCUT2D eigenvalue weighted by atomic mass is 10.0. The van der Waals surface area contributed by atoms with Crippen LogP contribution >= 0.6 is 0 Å². The molecule has 0 aromatic heterocycles. The molecular weight excluding hydrogens is 292 g/mol. The van der Waals surface area contributed by atoms with Gasteiger partial charge in [-0.15, -0.1) is 0 Å². The van der Waals surface area contributed by atoms with Gasteiger partial charge in [0.1, 0.15) is 6.10 Å². The third kappa shape index (κ3) is 3.85. The van der Waals surface area contributed by atoms with Gasteiger partial charge in [0, 0.05) is 19.6 Å². The van der Waals surface area contributed by atoms with Crippen LogP contribution in [0.3, 0.4) is 0 Å². The van der Waals surface area contributed by atoms with Crippen LogP contribution in [0.25, 0.3) is 0 Å². The van der Waals surface area contributed by atoms with E-state index in [1.807, 2.05) is 28.0 Å². The van der Waals surface area contributed by atoms with Crippen molar-refractivity contribution >= 4 is 6.03 Å². The van der Waals surface area contributed by atoms with Crippen molar-refractivity contribution in [1.82, 2.24) is 9.80 Å². The van der Waals surface area contributed by atoms with Gasteiger partial charge < -0.3 is 19.3 Å². The average Bonchev–Trinajstić information content (AvgIpc) is 2.62. The van der Waals surface area contributed by atoms with Crippen LogP contribution < -0.4 is 0 Å². The lowest BCUT2D eigenvalue weighted by Crippen LogP contribution is -2.54. The molecule has 5 nitrogen and oxygen atoms in total. The Labute approximate surface area is 138 Å². The number of carbonyl (C=O) groups excluding carboxylic acids is 1. The Morgan fingerprint density at radius 1 is 1.09 bits per heavy atom. The number of amides is 2. The number of hydrogen-bond acceptors (Lipinski definition) is 3. The highest BCUT2D eigenvalue weighted by Gasteiger charge is 2.34. The molecule has 2 aliphatic heterocycles. The highest BCUT2D eigenvalue weighted by Crippen LogP contribution is 2.28. The molecule has 2 heterocycles. The minimum atomic E-state index is -0.0534. The molecule has 2 saturated heterocycles. The van der Waals surface area contributed by atoms with Crippen LogP contribution in [-0.2, 0) is 9.47 Å². The molecule has 0 bridgehead atoms. The Morgan fingerprint density at radius 2 is 1.78 bits per heavy atom. The van der Waals surface area contributed by atoms with Crippen molar-refractivity contribution in [3.63, 3.8) is 0 Å². The number of hydrogen-bond donors (Lipinski definition) is 0. The van der Waals surface area contributed by atoms with Gasteiger partial charge in [0.15, 0.2) is 0 Å². The number of ether oxygens (including phenoxy) is 2. The Hall–Kier alpha value is -1.59. The lowest BCUT2D eigenvalue weighted by molar-refractivity contribution is -0.0973. The molecule has 2 fully saturated rings. The van der Waals surface area contributed by atoms with Crippen LogP contribution in [0.15, 0.2) is 30.3 Å². The summed E-state index contributed by atoms with van der Waals surface area (Å²) in [5, 5.41) is 0. The monoisotopic (exact) mass is 318 g/mol. The quantitative estimate of drug-likeness (QED) is 0.841. The fourth-order valence-electron chi connectivity index (χ4n) is 3.12. The average molecular weight is 318 g/mol. The molecule has 1 aromatic carbocycles. The summed E-state index contributed by atoms with van der Waals surface area (Å²) in [6, 6.07) is 10.3. The van der Waals surface area contributed by atoms with E-state index in [2.05, 4.69) is 26.0 Å². The molecule has 0 unspecified atom stereocenters. The highest BCUT2D eigenvalue weighted by atomic mass is 16.5. The molecule has 0 saturated carbocycles. The number of carbonyl (C=O) groups is 1. The van der Waals surface area contributed by atoms with Gasteiger partial charge in [-0.1, -0.05) is 44.2 Å². The molecule has 5 heteroatoms. The van der Waals surface area contributed by atoms with Gasteiger partial charge in [-0.2, -0.15) is 0 Å². The first-order valence-electron chi connectivity index (χ1n) is 8.47. The molecule has 0 N–H and O–H groups in total. The van der Waals surface area contributed by atoms with Crippen molar-refractivity contribution in [2.45, 2.75) is 26.1 Å². The second-order valence-electron chi connectivity index (χ2n) is 6.60. The number of morpholine rings is 2. The van der Waals surface area contributed by atoms with Gasteiger partial charge in [0.25, 0.3) is 0 Å². The molecule has 1 aromatic rings. The first-order valence-corrected chi connectivity index (χ1v) is 8.47. The van der Waals surface area contributed by atoms with Gasteiger partial charge in [0.2, 0.25) is 0 Å². The van der Waals surface area contributed by atoms with Gasteiger partial charge in [-0.05, 0) is 11.5 Å². The second kappa shape index (κ2) is 7.32. The Balaban J connectivity index is 1.75. The molecule has 0 spiro atoms.